The van der Waals surface area contributed by atoms with E-state index in [0.717, 1.165) is 42.5 Å². The molecule has 122 valence electrons. The van der Waals surface area contributed by atoms with Crippen LogP contribution in [-0.4, -0.2) is 39.4 Å². The van der Waals surface area contributed by atoms with Crippen molar-refractivity contribution in [1.82, 2.24) is 20.2 Å². The number of rotatable bonds is 4. The summed E-state index contributed by atoms with van der Waals surface area (Å²) in [4.78, 5) is 11.1. The van der Waals surface area contributed by atoms with Crippen molar-refractivity contribution in [1.29, 1.82) is 0 Å². The van der Waals surface area contributed by atoms with Crippen molar-refractivity contribution in [2.45, 2.75) is 51.6 Å². The van der Waals surface area contributed by atoms with Crippen LogP contribution >= 0.6 is 11.3 Å². The van der Waals surface area contributed by atoms with Crippen LogP contribution in [0, 0.1) is 13.8 Å². The number of aromatic nitrogens is 4. The SMILES string of the molecule is Cc1cnc(C)c(OC2CCN(c3nnc(C4CC4)s3)CC2)n1. The van der Waals surface area contributed by atoms with Crippen LogP contribution in [0.15, 0.2) is 6.20 Å². The molecule has 1 aliphatic carbocycles. The zero-order valence-electron chi connectivity index (χ0n) is 13.5. The van der Waals surface area contributed by atoms with E-state index in [4.69, 9.17) is 4.74 Å². The molecule has 2 aromatic heterocycles. The molecular formula is C16H21N5OS. The predicted molar refractivity (Wildman–Crippen MR) is 89.3 cm³/mol. The van der Waals surface area contributed by atoms with Crippen molar-refractivity contribution in [2.75, 3.05) is 18.0 Å². The molecule has 6 nitrogen and oxygen atoms in total. The van der Waals surface area contributed by atoms with Crippen LogP contribution in [0.1, 0.15) is 48.0 Å². The lowest BCUT2D eigenvalue weighted by Crippen LogP contribution is -2.38. The van der Waals surface area contributed by atoms with E-state index in [1.165, 1.54) is 17.8 Å². The molecule has 23 heavy (non-hydrogen) atoms. The molecule has 2 aliphatic rings. The second kappa shape index (κ2) is 6.03. The summed E-state index contributed by atoms with van der Waals surface area (Å²) in [5.41, 5.74) is 1.75. The summed E-state index contributed by atoms with van der Waals surface area (Å²) >= 11 is 1.76. The van der Waals surface area contributed by atoms with Gasteiger partial charge in [0.05, 0.1) is 11.4 Å². The van der Waals surface area contributed by atoms with Crippen molar-refractivity contribution in [3.8, 4) is 5.88 Å². The highest BCUT2D eigenvalue weighted by atomic mass is 32.1. The Morgan fingerprint density at radius 2 is 1.91 bits per heavy atom. The Balaban J connectivity index is 1.35. The standard InChI is InChI=1S/C16H21N5OS/c1-10-9-17-11(2)14(18-10)22-13-5-7-21(8-6-13)16-20-19-15(23-16)12-3-4-12/h9,12-13H,3-8H2,1-2H3. The van der Waals surface area contributed by atoms with Gasteiger partial charge >= 0.3 is 0 Å². The van der Waals surface area contributed by atoms with Crippen LogP contribution in [0.2, 0.25) is 0 Å². The van der Waals surface area contributed by atoms with Crippen LogP contribution in [-0.2, 0) is 0 Å². The molecular weight excluding hydrogens is 310 g/mol. The first-order valence-electron chi connectivity index (χ1n) is 8.24. The zero-order chi connectivity index (χ0) is 15.8. The Bertz CT molecular complexity index is 692. The molecule has 0 unspecified atom stereocenters. The smallest absolute Gasteiger partial charge is 0.235 e. The zero-order valence-corrected chi connectivity index (χ0v) is 14.3. The van der Waals surface area contributed by atoms with Crippen molar-refractivity contribution in [3.05, 3.63) is 22.6 Å². The number of piperidine rings is 1. The lowest BCUT2D eigenvalue weighted by molar-refractivity contribution is 0.161. The number of ether oxygens (including phenoxy) is 1. The van der Waals surface area contributed by atoms with Crippen molar-refractivity contribution in [2.24, 2.45) is 0 Å². The Kier molecular flexibility index (Phi) is 3.88. The largest absolute Gasteiger partial charge is 0.473 e. The maximum atomic E-state index is 6.07. The highest BCUT2D eigenvalue weighted by molar-refractivity contribution is 7.15. The van der Waals surface area contributed by atoms with Gasteiger partial charge in [0.2, 0.25) is 11.0 Å². The van der Waals surface area contributed by atoms with Gasteiger partial charge in [0, 0.05) is 38.0 Å². The predicted octanol–water partition coefficient (Wildman–Crippen LogP) is 2.87. The number of hydrogen-bond donors (Lipinski definition) is 0. The third-order valence-electron chi connectivity index (χ3n) is 4.38. The van der Waals surface area contributed by atoms with E-state index in [-0.39, 0.29) is 6.10 Å². The van der Waals surface area contributed by atoms with Gasteiger partial charge in [-0.3, -0.25) is 4.98 Å². The van der Waals surface area contributed by atoms with Gasteiger partial charge in [-0.25, -0.2) is 4.98 Å². The van der Waals surface area contributed by atoms with Gasteiger partial charge in [-0.1, -0.05) is 11.3 Å². The Hall–Kier alpha value is -1.76. The molecule has 0 aromatic carbocycles. The van der Waals surface area contributed by atoms with Gasteiger partial charge in [0.15, 0.2) is 0 Å². The second-order valence-corrected chi connectivity index (χ2v) is 7.39. The molecule has 0 N–H and O–H groups in total. The first-order chi connectivity index (χ1) is 11.2. The van der Waals surface area contributed by atoms with Crippen LogP contribution in [0.25, 0.3) is 0 Å². The summed E-state index contributed by atoms with van der Waals surface area (Å²) in [5, 5.41) is 11.0. The van der Waals surface area contributed by atoms with Crippen LogP contribution in [0.4, 0.5) is 5.13 Å². The Morgan fingerprint density at radius 3 is 2.65 bits per heavy atom. The minimum Gasteiger partial charge on any atom is -0.473 e. The van der Waals surface area contributed by atoms with E-state index in [2.05, 4.69) is 25.1 Å². The Labute approximate surface area is 139 Å². The van der Waals surface area contributed by atoms with Crippen molar-refractivity contribution < 1.29 is 4.74 Å². The number of nitrogens with zero attached hydrogens (tertiary/aromatic N) is 5. The van der Waals surface area contributed by atoms with Crippen LogP contribution < -0.4 is 9.64 Å². The van der Waals surface area contributed by atoms with Gasteiger partial charge < -0.3 is 9.64 Å². The first-order valence-corrected chi connectivity index (χ1v) is 9.06. The second-order valence-electron chi connectivity index (χ2n) is 6.40. The molecule has 1 saturated carbocycles. The maximum absolute atomic E-state index is 6.07. The fourth-order valence-electron chi connectivity index (χ4n) is 2.80. The number of hydrogen-bond acceptors (Lipinski definition) is 7. The summed E-state index contributed by atoms with van der Waals surface area (Å²) in [7, 11) is 0. The summed E-state index contributed by atoms with van der Waals surface area (Å²) in [6.07, 6.45) is 6.50. The fraction of sp³-hybridized carbons (Fsp3) is 0.625. The highest BCUT2D eigenvalue weighted by Crippen LogP contribution is 2.42. The summed E-state index contributed by atoms with van der Waals surface area (Å²) in [5.74, 6) is 1.36. The monoisotopic (exact) mass is 331 g/mol. The summed E-state index contributed by atoms with van der Waals surface area (Å²) in [6, 6.07) is 0. The lowest BCUT2D eigenvalue weighted by Gasteiger charge is -2.31. The highest BCUT2D eigenvalue weighted by Gasteiger charge is 2.29. The molecule has 1 aliphatic heterocycles. The minimum absolute atomic E-state index is 0.205. The van der Waals surface area contributed by atoms with E-state index in [0.29, 0.717) is 11.8 Å². The average Bonchev–Trinajstić information content (AvgIpc) is 3.29. The first kappa shape index (κ1) is 14.8. The number of anilines is 1. The molecule has 2 aromatic rings. The Morgan fingerprint density at radius 1 is 1.13 bits per heavy atom. The van der Waals surface area contributed by atoms with Gasteiger partial charge in [-0.05, 0) is 26.7 Å². The average molecular weight is 331 g/mol. The van der Waals surface area contributed by atoms with E-state index >= 15 is 0 Å². The van der Waals surface area contributed by atoms with Crippen molar-refractivity contribution in [3.63, 3.8) is 0 Å². The molecule has 7 heteroatoms. The fourth-order valence-corrected chi connectivity index (χ4v) is 3.86. The normalized spacial score (nSPS) is 19.1. The molecule has 0 amide bonds. The molecule has 2 fully saturated rings. The minimum atomic E-state index is 0.205. The molecule has 0 bridgehead atoms. The molecule has 0 atom stereocenters. The van der Waals surface area contributed by atoms with E-state index in [9.17, 15) is 0 Å². The van der Waals surface area contributed by atoms with Gasteiger partial charge in [0.25, 0.3) is 0 Å². The van der Waals surface area contributed by atoms with Crippen molar-refractivity contribution >= 4 is 16.5 Å². The van der Waals surface area contributed by atoms with Gasteiger partial charge in [0.1, 0.15) is 11.1 Å². The maximum Gasteiger partial charge on any atom is 0.235 e. The molecule has 1 saturated heterocycles. The molecule has 4 rings (SSSR count). The molecule has 0 radical (unpaired) electrons. The summed E-state index contributed by atoms with van der Waals surface area (Å²) in [6.45, 7) is 5.80. The number of aryl methyl sites for hydroxylation is 2. The topological polar surface area (TPSA) is 64.0 Å². The summed E-state index contributed by atoms with van der Waals surface area (Å²) < 4.78 is 6.07. The molecule has 0 spiro atoms. The quantitative estimate of drug-likeness (QED) is 0.858. The van der Waals surface area contributed by atoms with Gasteiger partial charge in [-0.2, -0.15) is 0 Å². The van der Waals surface area contributed by atoms with E-state index in [1.54, 1.807) is 17.5 Å². The van der Waals surface area contributed by atoms with Gasteiger partial charge in [-0.15, -0.1) is 10.2 Å². The van der Waals surface area contributed by atoms with Crippen LogP contribution in [0.3, 0.4) is 0 Å². The molecule has 3 heterocycles. The third kappa shape index (κ3) is 3.29. The lowest BCUT2D eigenvalue weighted by atomic mass is 10.1. The van der Waals surface area contributed by atoms with E-state index in [1.807, 2.05) is 13.8 Å². The van der Waals surface area contributed by atoms with E-state index < -0.39 is 0 Å². The third-order valence-corrected chi connectivity index (χ3v) is 5.53. The van der Waals surface area contributed by atoms with Crippen LogP contribution in [0.5, 0.6) is 5.88 Å².